The van der Waals surface area contributed by atoms with Crippen LogP contribution in [0.3, 0.4) is 0 Å². The van der Waals surface area contributed by atoms with Gasteiger partial charge in [0.15, 0.2) is 0 Å². The van der Waals surface area contributed by atoms with E-state index >= 15 is 0 Å². The van der Waals surface area contributed by atoms with Gasteiger partial charge < -0.3 is 5.32 Å². The zero-order chi connectivity index (χ0) is 20.2. The lowest BCUT2D eigenvalue weighted by molar-refractivity contribution is -0.383. The van der Waals surface area contributed by atoms with Crippen LogP contribution in [0.5, 0.6) is 0 Å². The first-order chi connectivity index (χ1) is 14.1. The molecule has 4 rings (SSSR count). The van der Waals surface area contributed by atoms with Crippen molar-refractivity contribution < 1.29 is 9.72 Å². The lowest BCUT2D eigenvalue weighted by Crippen LogP contribution is -2.48. The number of nitrogens with zero attached hydrogens (tertiary/aromatic N) is 4. The van der Waals surface area contributed by atoms with Gasteiger partial charge in [-0.3, -0.25) is 24.7 Å². The molecule has 150 valence electrons. The number of anilines is 1. The lowest BCUT2D eigenvalue weighted by Gasteiger charge is -2.33. The molecule has 0 atom stereocenters. The molecule has 0 saturated carbocycles. The van der Waals surface area contributed by atoms with Gasteiger partial charge in [0.05, 0.1) is 28.2 Å². The zero-order valence-electron chi connectivity index (χ0n) is 15.8. The number of nitro groups is 1. The first-order valence-electron chi connectivity index (χ1n) is 9.41. The monoisotopic (exact) mass is 411 g/mol. The average molecular weight is 411 g/mol. The topological polar surface area (TPSA) is 91.6 Å². The minimum atomic E-state index is -0.490. The molecule has 1 aromatic heterocycles. The standard InChI is InChI=1S/C20H21N5O3S/c26-19(21-15-5-1-3-7-17(15)25(27)28)13-23-9-11-24(12-10-23)14-20-22-16-6-2-4-8-18(16)29-20/h1-8H,9-14H2,(H,21,26). The Hall–Kier alpha value is -2.88. The third-order valence-corrected chi connectivity index (χ3v) is 5.93. The van der Waals surface area contributed by atoms with Gasteiger partial charge in [0.1, 0.15) is 10.7 Å². The van der Waals surface area contributed by atoms with E-state index in [-0.39, 0.29) is 23.8 Å². The summed E-state index contributed by atoms with van der Waals surface area (Å²) in [6.07, 6.45) is 0. The number of rotatable bonds is 6. The van der Waals surface area contributed by atoms with E-state index in [4.69, 9.17) is 0 Å². The molecule has 8 nitrogen and oxygen atoms in total. The smallest absolute Gasteiger partial charge is 0.292 e. The van der Waals surface area contributed by atoms with Gasteiger partial charge in [0, 0.05) is 32.2 Å². The van der Waals surface area contributed by atoms with Crippen molar-refractivity contribution in [1.29, 1.82) is 0 Å². The number of nitro benzene ring substituents is 1. The highest BCUT2D eigenvalue weighted by molar-refractivity contribution is 7.18. The maximum Gasteiger partial charge on any atom is 0.292 e. The van der Waals surface area contributed by atoms with E-state index < -0.39 is 4.92 Å². The van der Waals surface area contributed by atoms with Crippen LogP contribution < -0.4 is 5.32 Å². The average Bonchev–Trinajstić information content (AvgIpc) is 3.12. The summed E-state index contributed by atoms with van der Waals surface area (Å²) in [7, 11) is 0. The number of aromatic nitrogens is 1. The number of amides is 1. The molecule has 0 unspecified atom stereocenters. The van der Waals surface area contributed by atoms with Gasteiger partial charge in [0.2, 0.25) is 5.91 Å². The second-order valence-electron chi connectivity index (χ2n) is 6.95. The number of benzene rings is 2. The van der Waals surface area contributed by atoms with Gasteiger partial charge in [-0.15, -0.1) is 11.3 Å². The van der Waals surface area contributed by atoms with Crippen LogP contribution in [0.4, 0.5) is 11.4 Å². The van der Waals surface area contributed by atoms with Gasteiger partial charge in [-0.25, -0.2) is 4.98 Å². The van der Waals surface area contributed by atoms with Crippen molar-refractivity contribution in [1.82, 2.24) is 14.8 Å². The van der Waals surface area contributed by atoms with E-state index in [1.165, 1.54) is 10.8 Å². The van der Waals surface area contributed by atoms with Crippen LogP contribution in [-0.4, -0.2) is 58.3 Å². The molecule has 1 N–H and O–H groups in total. The summed E-state index contributed by atoms with van der Waals surface area (Å²) in [5.74, 6) is -0.237. The molecule has 1 amide bonds. The van der Waals surface area contributed by atoms with Crippen molar-refractivity contribution >= 4 is 38.8 Å². The summed E-state index contributed by atoms with van der Waals surface area (Å²) >= 11 is 1.72. The van der Waals surface area contributed by atoms with Crippen LogP contribution in [0.2, 0.25) is 0 Å². The number of para-hydroxylation sites is 3. The Morgan fingerprint density at radius 3 is 2.52 bits per heavy atom. The Bertz CT molecular complexity index is 997. The number of carbonyl (C=O) groups excluding carboxylic acids is 1. The molecule has 29 heavy (non-hydrogen) atoms. The normalized spacial score (nSPS) is 15.4. The van der Waals surface area contributed by atoms with E-state index in [2.05, 4.69) is 26.2 Å². The number of carbonyl (C=O) groups is 1. The van der Waals surface area contributed by atoms with Crippen LogP contribution in [0.25, 0.3) is 10.2 Å². The van der Waals surface area contributed by atoms with Gasteiger partial charge in [-0.1, -0.05) is 24.3 Å². The molecular weight excluding hydrogens is 390 g/mol. The van der Waals surface area contributed by atoms with Gasteiger partial charge in [-0.2, -0.15) is 0 Å². The Balaban J connectivity index is 1.27. The summed E-state index contributed by atoms with van der Waals surface area (Å²) in [6.45, 7) is 4.30. The second-order valence-corrected chi connectivity index (χ2v) is 8.07. The summed E-state index contributed by atoms with van der Waals surface area (Å²) in [4.78, 5) is 32.0. The van der Waals surface area contributed by atoms with E-state index in [0.29, 0.717) is 0 Å². The third-order valence-electron chi connectivity index (χ3n) is 4.90. The van der Waals surface area contributed by atoms with Crippen LogP contribution in [-0.2, 0) is 11.3 Å². The van der Waals surface area contributed by atoms with Crippen molar-refractivity contribution in [3.8, 4) is 0 Å². The molecule has 1 aliphatic rings. The SMILES string of the molecule is O=C(CN1CCN(Cc2nc3ccccc3s2)CC1)Nc1ccccc1[N+](=O)[O-]. The van der Waals surface area contributed by atoms with E-state index in [0.717, 1.165) is 43.2 Å². The number of hydrogen-bond donors (Lipinski definition) is 1. The molecule has 9 heteroatoms. The molecule has 1 saturated heterocycles. The predicted molar refractivity (Wildman–Crippen MR) is 113 cm³/mol. The molecule has 0 aliphatic carbocycles. The first kappa shape index (κ1) is 19.4. The third kappa shape index (κ3) is 4.76. The Kier molecular flexibility index (Phi) is 5.79. The van der Waals surface area contributed by atoms with Crippen LogP contribution >= 0.6 is 11.3 Å². The minimum absolute atomic E-state index is 0.0958. The number of fused-ring (bicyclic) bond motifs is 1. The molecule has 0 radical (unpaired) electrons. The molecular formula is C20H21N5O3S. The number of nitrogens with one attached hydrogen (secondary N) is 1. The minimum Gasteiger partial charge on any atom is -0.319 e. The number of piperazine rings is 1. The van der Waals surface area contributed by atoms with Crippen molar-refractivity contribution in [2.75, 3.05) is 38.0 Å². The molecule has 3 aromatic rings. The van der Waals surface area contributed by atoms with Crippen molar-refractivity contribution in [3.05, 3.63) is 63.7 Å². The quantitative estimate of drug-likeness (QED) is 0.495. The summed E-state index contributed by atoms with van der Waals surface area (Å²) in [6, 6.07) is 14.3. The summed E-state index contributed by atoms with van der Waals surface area (Å²) in [5, 5.41) is 14.8. The van der Waals surface area contributed by atoms with Crippen LogP contribution in [0.1, 0.15) is 5.01 Å². The fourth-order valence-electron chi connectivity index (χ4n) is 3.42. The van der Waals surface area contributed by atoms with Crippen molar-refractivity contribution in [2.24, 2.45) is 0 Å². The zero-order valence-corrected chi connectivity index (χ0v) is 16.6. The molecule has 2 aromatic carbocycles. The molecule has 1 fully saturated rings. The predicted octanol–water partition coefficient (Wildman–Crippen LogP) is 2.96. The van der Waals surface area contributed by atoms with E-state index in [1.807, 2.05) is 18.2 Å². The van der Waals surface area contributed by atoms with Crippen molar-refractivity contribution in [3.63, 3.8) is 0 Å². The fourth-order valence-corrected chi connectivity index (χ4v) is 4.43. The molecule has 2 heterocycles. The Morgan fingerprint density at radius 1 is 1.07 bits per heavy atom. The Labute approximate surface area is 171 Å². The highest BCUT2D eigenvalue weighted by Crippen LogP contribution is 2.24. The largest absolute Gasteiger partial charge is 0.319 e. The number of hydrogen-bond acceptors (Lipinski definition) is 7. The van der Waals surface area contributed by atoms with Gasteiger partial charge in [0.25, 0.3) is 5.69 Å². The van der Waals surface area contributed by atoms with E-state index in [9.17, 15) is 14.9 Å². The highest BCUT2D eigenvalue weighted by atomic mass is 32.1. The molecule has 1 aliphatic heterocycles. The second kappa shape index (κ2) is 8.64. The van der Waals surface area contributed by atoms with Gasteiger partial charge >= 0.3 is 0 Å². The first-order valence-corrected chi connectivity index (χ1v) is 10.2. The van der Waals surface area contributed by atoms with Crippen molar-refractivity contribution in [2.45, 2.75) is 6.54 Å². The van der Waals surface area contributed by atoms with E-state index in [1.54, 1.807) is 29.5 Å². The highest BCUT2D eigenvalue weighted by Gasteiger charge is 2.21. The van der Waals surface area contributed by atoms with Crippen LogP contribution in [0.15, 0.2) is 48.5 Å². The fraction of sp³-hybridized carbons (Fsp3) is 0.300. The van der Waals surface area contributed by atoms with Crippen LogP contribution in [0, 0.1) is 10.1 Å². The maximum absolute atomic E-state index is 12.3. The summed E-state index contributed by atoms with van der Waals surface area (Å²) < 4.78 is 1.20. The molecule has 0 spiro atoms. The number of thiazole rings is 1. The Morgan fingerprint density at radius 2 is 1.76 bits per heavy atom. The van der Waals surface area contributed by atoms with Gasteiger partial charge in [-0.05, 0) is 18.2 Å². The summed E-state index contributed by atoms with van der Waals surface area (Å²) in [5.41, 5.74) is 1.18. The lowest BCUT2D eigenvalue weighted by atomic mass is 10.2. The molecule has 0 bridgehead atoms. The maximum atomic E-state index is 12.3.